The molecule has 3 aromatic heterocycles. The fourth-order valence-electron chi connectivity index (χ4n) is 2.34. The number of hydrogen-bond donors (Lipinski definition) is 1. The number of nitrogens with zero attached hydrogens (tertiary/aromatic N) is 3. The summed E-state index contributed by atoms with van der Waals surface area (Å²) in [4.78, 5) is 20.1. The van der Waals surface area contributed by atoms with Crippen LogP contribution in [-0.2, 0) is 11.2 Å². The number of carboxylic acid groups (broad SMARTS) is 1. The lowest BCUT2D eigenvalue weighted by atomic mass is 10.2. The van der Waals surface area contributed by atoms with E-state index in [1.165, 1.54) is 0 Å². The lowest BCUT2D eigenvalue weighted by Gasteiger charge is -2.04. The van der Waals surface area contributed by atoms with E-state index >= 15 is 0 Å². The van der Waals surface area contributed by atoms with Crippen LogP contribution in [0.3, 0.4) is 0 Å². The fourth-order valence-corrected chi connectivity index (χ4v) is 2.88. The smallest absolute Gasteiger partial charge is 0.309 e. The molecule has 0 atom stereocenters. The number of hydrogen-bond acceptors (Lipinski definition) is 3. The van der Waals surface area contributed by atoms with Crippen LogP contribution in [0.25, 0.3) is 17.0 Å². The van der Waals surface area contributed by atoms with E-state index in [0.717, 1.165) is 15.7 Å². The van der Waals surface area contributed by atoms with Crippen molar-refractivity contribution in [2.45, 2.75) is 13.3 Å². The molecule has 0 aliphatic rings. The number of aromatic nitrogens is 3. The monoisotopic (exact) mass is 345 g/mol. The van der Waals surface area contributed by atoms with Gasteiger partial charge in [0.25, 0.3) is 0 Å². The Hall–Kier alpha value is -2.21. The first-order valence-corrected chi connectivity index (χ1v) is 7.16. The van der Waals surface area contributed by atoms with Crippen molar-refractivity contribution >= 4 is 27.5 Å². The van der Waals surface area contributed by atoms with Gasteiger partial charge in [0.2, 0.25) is 0 Å². The van der Waals surface area contributed by atoms with Crippen molar-refractivity contribution in [3.63, 3.8) is 0 Å². The summed E-state index contributed by atoms with van der Waals surface area (Å²) in [5, 5.41) is 9.18. The predicted octanol–water partition coefficient (Wildman–Crippen LogP) is 3.09. The molecular formula is C15H12BrN3O2. The highest BCUT2D eigenvalue weighted by molar-refractivity contribution is 9.10. The molecule has 0 spiro atoms. The van der Waals surface area contributed by atoms with Gasteiger partial charge in [0.1, 0.15) is 11.3 Å². The first-order valence-electron chi connectivity index (χ1n) is 6.36. The molecule has 0 aromatic carbocycles. The van der Waals surface area contributed by atoms with Crippen molar-refractivity contribution in [2.75, 3.05) is 0 Å². The molecule has 0 aliphatic carbocycles. The maximum absolute atomic E-state index is 11.2. The molecule has 0 fully saturated rings. The first kappa shape index (κ1) is 13.8. The fraction of sp³-hybridized carbons (Fsp3) is 0.133. The number of imidazole rings is 1. The SMILES string of the molecule is Cc1cc(Br)cn2c(CC(=O)O)c(-c3ccccn3)nc12. The average Bonchev–Trinajstić information content (AvgIpc) is 2.78. The second-order valence-corrected chi connectivity index (χ2v) is 5.64. The maximum Gasteiger partial charge on any atom is 0.309 e. The zero-order valence-corrected chi connectivity index (χ0v) is 12.8. The van der Waals surface area contributed by atoms with Gasteiger partial charge in [-0.3, -0.25) is 9.78 Å². The van der Waals surface area contributed by atoms with Crippen LogP contribution in [0.4, 0.5) is 0 Å². The van der Waals surface area contributed by atoms with Crippen LogP contribution in [0.2, 0.25) is 0 Å². The minimum Gasteiger partial charge on any atom is -0.481 e. The number of pyridine rings is 2. The van der Waals surface area contributed by atoms with Gasteiger partial charge in [-0.25, -0.2) is 4.98 Å². The first-order chi connectivity index (χ1) is 10.1. The zero-order valence-electron chi connectivity index (χ0n) is 11.2. The van der Waals surface area contributed by atoms with Gasteiger partial charge in [-0.2, -0.15) is 0 Å². The summed E-state index contributed by atoms with van der Waals surface area (Å²) in [6.07, 6.45) is 3.40. The summed E-state index contributed by atoms with van der Waals surface area (Å²) < 4.78 is 2.70. The second-order valence-electron chi connectivity index (χ2n) is 4.73. The summed E-state index contributed by atoms with van der Waals surface area (Å²) in [6.45, 7) is 1.94. The van der Waals surface area contributed by atoms with Gasteiger partial charge in [-0.05, 0) is 46.6 Å². The molecule has 0 radical (unpaired) electrons. The Morgan fingerprint density at radius 1 is 1.43 bits per heavy atom. The Bertz CT molecular complexity index is 828. The molecule has 21 heavy (non-hydrogen) atoms. The molecular weight excluding hydrogens is 334 g/mol. The van der Waals surface area contributed by atoms with Crippen LogP contribution in [0.15, 0.2) is 41.1 Å². The predicted molar refractivity (Wildman–Crippen MR) is 82.2 cm³/mol. The minimum absolute atomic E-state index is 0.108. The molecule has 3 rings (SSSR count). The highest BCUT2D eigenvalue weighted by atomic mass is 79.9. The van der Waals surface area contributed by atoms with Crippen LogP contribution < -0.4 is 0 Å². The molecule has 106 valence electrons. The lowest BCUT2D eigenvalue weighted by molar-refractivity contribution is -0.136. The van der Waals surface area contributed by atoms with E-state index in [1.807, 2.05) is 41.8 Å². The molecule has 5 nitrogen and oxygen atoms in total. The Kier molecular flexibility index (Phi) is 3.47. The van der Waals surface area contributed by atoms with Crippen LogP contribution in [0.1, 0.15) is 11.3 Å². The normalized spacial score (nSPS) is 11.0. The molecule has 3 heterocycles. The maximum atomic E-state index is 11.2. The number of halogens is 1. The zero-order chi connectivity index (χ0) is 15.0. The largest absolute Gasteiger partial charge is 0.481 e. The van der Waals surface area contributed by atoms with Crippen LogP contribution in [0, 0.1) is 6.92 Å². The van der Waals surface area contributed by atoms with Gasteiger partial charge >= 0.3 is 5.97 Å². The quantitative estimate of drug-likeness (QED) is 0.791. The van der Waals surface area contributed by atoms with Gasteiger partial charge in [-0.15, -0.1) is 0 Å². The Morgan fingerprint density at radius 2 is 2.24 bits per heavy atom. The van der Waals surface area contributed by atoms with E-state index in [2.05, 4.69) is 25.9 Å². The highest BCUT2D eigenvalue weighted by Gasteiger charge is 2.18. The summed E-state index contributed by atoms with van der Waals surface area (Å²) >= 11 is 3.44. The highest BCUT2D eigenvalue weighted by Crippen LogP contribution is 2.26. The Morgan fingerprint density at radius 3 is 2.90 bits per heavy atom. The number of fused-ring (bicyclic) bond motifs is 1. The van der Waals surface area contributed by atoms with Gasteiger partial charge in [0.05, 0.1) is 17.8 Å². The number of aliphatic carboxylic acids is 1. The summed E-state index contributed by atoms with van der Waals surface area (Å²) in [5.74, 6) is -0.897. The van der Waals surface area contributed by atoms with E-state index in [9.17, 15) is 9.90 Å². The van der Waals surface area contributed by atoms with Crippen molar-refractivity contribution < 1.29 is 9.90 Å². The third-order valence-corrected chi connectivity index (χ3v) is 3.63. The van der Waals surface area contributed by atoms with E-state index in [4.69, 9.17) is 0 Å². The topological polar surface area (TPSA) is 67.5 Å². The molecule has 3 aromatic rings. The van der Waals surface area contributed by atoms with Crippen molar-refractivity contribution in [2.24, 2.45) is 0 Å². The third kappa shape index (κ3) is 2.54. The third-order valence-electron chi connectivity index (χ3n) is 3.20. The molecule has 0 saturated carbocycles. The van der Waals surface area contributed by atoms with Gasteiger partial charge in [0.15, 0.2) is 0 Å². The standard InChI is InChI=1S/C15H12BrN3O2/c1-9-6-10(16)8-19-12(7-13(20)21)14(18-15(9)19)11-4-2-3-5-17-11/h2-6,8H,7H2,1H3,(H,20,21). The van der Waals surface area contributed by atoms with E-state index < -0.39 is 5.97 Å². The number of carboxylic acids is 1. The Labute approximate surface area is 129 Å². The van der Waals surface area contributed by atoms with Crippen LogP contribution >= 0.6 is 15.9 Å². The molecule has 6 heteroatoms. The van der Waals surface area contributed by atoms with Crippen molar-refractivity contribution in [1.29, 1.82) is 0 Å². The van der Waals surface area contributed by atoms with Gasteiger partial charge < -0.3 is 9.51 Å². The van der Waals surface area contributed by atoms with Crippen molar-refractivity contribution in [3.05, 3.63) is 52.4 Å². The van der Waals surface area contributed by atoms with Gasteiger partial charge in [-0.1, -0.05) is 6.07 Å². The summed E-state index contributed by atoms with van der Waals surface area (Å²) in [7, 11) is 0. The van der Waals surface area contributed by atoms with Crippen molar-refractivity contribution in [1.82, 2.24) is 14.4 Å². The van der Waals surface area contributed by atoms with Gasteiger partial charge in [0, 0.05) is 16.9 Å². The molecule has 0 bridgehead atoms. The summed E-state index contributed by atoms with van der Waals surface area (Å²) in [5.41, 5.74) is 3.63. The van der Waals surface area contributed by atoms with Crippen LogP contribution in [0.5, 0.6) is 0 Å². The molecule has 0 saturated heterocycles. The van der Waals surface area contributed by atoms with E-state index in [-0.39, 0.29) is 6.42 Å². The van der Waals surface area contributed by atoms with E-state index in [1.54, 1.807) is 6.20 Å². The lowest BCUT2D eigenvalue weighted by Crippen LogP contribution is -2.05. The molecule has 0 aliphatic heterocycles. The van der Waals surface area contributed by atoms with Crippen molar-refractivity contribution in [3.8, 4) is 11.4 Å². The molecule has 0 amide bonds. The average molecular weight is 346 g/mol. The Balaban J connectivity index is 2.33. The molecule has 0 unspecified atom stereocenters. The van der Waals surface area contributed by atoms with E-state index in [0.29, 0.717) is 17.1 Å². The minimum atomic E-state index is -0.897. The number of aryl methyl sites for hydroxylation is 1. The number of carbonyl (C=O) groups is 1. The number of rotatable bonds is 3. The summed E-state index contributed by atoms with van der Waals surface area (Å²) in [6, 6.07) is 7.46. The second kappa shape index (κ2) is 5.29. The molecule has 1 N–H and O–H groups in total. The van der Waals surface area contributed by atoms with Crippen LogP contribution in [-0.4, -0.2) is 25.4 Å².